The maximum absolute atomic E-state index is 12.2. The van der Waals surface area contributed by atoms with Gasteiger partial charge in [-0.3, -0.25) is 9.59 Å². The van der Waals surface area contributed by atoms with Gasteiger partial charge in [0.1, 0.15) is 5.75 Å². The molecule has 126 valence electrons. The molecule has 1 heterocycles. The molecular formula is C16H19N5O3. The summed E-state index contributed by atoms with van der Waals surface area (Å²) in [5.41, 5.74) is 6.23. The lowest BCUT2D eigenvalue weighted by Crippen LogP contribution is -2.30. The van der Waals surface area contributed by atoms with Crippen LogP contribution >= 0.6 is 0 Å². The molecule has 3 N–H and O–H groups in total. The number of carbonyl (C=O) groups excluding carboxylic acids is 2. The van der Waals surface area contributed by atoms with Crippen molar-refractivity contribution in [2.75, 3.05) is 12.4 Å². The number of benzene rings is 1. The van der Waals surface area contributed by atoms with Crippen LogP contribution in [0, 0.1) is 5.92 Å². The summed E-state index contributed by atoms with van der Waals surface area (Å²) in [5, 5.41) is 10.5. The number of amides is 2. The summed E-state index contributed by atoms with van der Waals surface area (Å²) < 4.78 is 6.59. The summed E-state index contributed by atoms with van der Waals surface area (Å²) >= 11 is 0. The molecule has 0 atom stereocenters. The lowest BCUT2D eigenvalue weighted by Gasteiger charge is -2.24. The van der Waals surface area contributed by atoms with Gasteiger partial charge < -0.3 is 15.8 Å². The van der Waals surface area contributed by atoms with E-state index >= 15 is 0 Å². The van der Waals surface area contributed by atoms with Gasteiger partial charge in [0.2, 0.25) is 5.91 Å². The number of rotatable bonds is 6. The number of aromatic nitrogens is 3. The molecular weight excluding hydrogens is 310 g/mol. The highest BCUT2D eigenvalue weighted by Crippen LogP contribution is 2.28. The summed E-state index contributed by atoms with van der Waals surface area (Å²) in [4.78, 5) is 23.8. The van der Waals surface area contributed by atoms with E-state index in [0.717, 1.165) is 30.6 Å². The number of carbonyl (C=O) groups is 2. The third kappa shape index (κ3) is 3.22. The number of methoxy groups -OCH3 is 1. The molecule has 1 aromatic carbocycles. The van der Waals surface area contributed by atoms with Crippen LogP contribution in [-0.4, -0.2) is 33.9 Å². The first-order chi connectivity index (χ1) is 11.6. The Morgan fingerprint density at radius 2 is 2.04 bits per heavy atom. The predicted octanol–water partition coefficient (Wildman–Crippen LogP) is 1.17. The zero-order valence-corrected chi connectivity index (χ0v) is 13.4. The van der Waals surface area contributed by atoms with Crippen molar-refractivity contribution in [3.8, 4) is 5.75 Å². The zero-order chi connectivity index (χ0) is 17.1. The first-order valence-electron chi connectivity index (χ1n) is 7.75. The van der Waals surface area contributed by atoms with Crippen molar-refractivity contribution in [1.82, 2.24) is 15.0 Å². The highest BCUT2D eigenvalue weighted by molar-refractivity contribution is 6.01. The number of nitrogens with two attached hydrogens (primary N) is 1. The van der Waals surface area contributed by atoms with Crippen LogP contribution in [0.5, 0.6) is 5.75 Å². The third-order valence-corrected chi connectivity index (χ3v) is 4.18. The highest BCUT2D eigenvalue weighted by Gasteiger charge is 2.28. The van der Waals surface area contributed by atoms with Crippen LogP contribution in [0.2, 0.25) is 0 Å². The van der Waals surface area contributed by atoms with E-state index in [1.54, 1.807) is 7.11 Å². The molecule has 8 nitrogen and oxygen atoms in total. The molecule has 0 bridgehead atoms. The second-order valence-corrected chi connectivity index (χ2v) is 5.77. The normalized spacial score (nSPS) is 14.0. The molecule has 1 aliphatic rings. The summed E-state index contributed by atoms with van der Waals surface area (Å²) in [6.07, 6.45) is 2.76. The number of anilines is 1. The number of hydrogen-bond acceptors (Lipinski definition) is 5. The molecule has 1 aliphatic carbocycles. The van der Waals surface area contributed by atoms with Gasteiger partial charge in [-0.2, -0.15) is 0 Å². The van der Waals surface area contributed by atoms with Crippen molar-refractivity contribution < 1.29 is 14.3 Å². The Hall–Kier alpha value is -2.90. The summed E-state index contributed by atoms with van der Waals surface area (Å²) in [6.45, 7) is 0.352. The average Bonchev–Trinajstić information content (AvgIpc) is 2.89. The van der Waals surface area contributed by atoms with Gasteiger partial charge in [-0.15, -0.1) is 5.10 Å². The first-order valence-corrected chi connectivity index (χ1v) is 7.75. The molecule has 3 rings (SSSR count). The average molecular weight is 329 g/mol. The molecule has 0 aliphatic heterocycles. The quantitative estimate of drug-likeness (QED) is 0.826. The number of primary amides is 1. The SMILES string of the molecule is COc1ccc(Cn2nnc(C(N)=O)c2NC(=O)C2CCC2)cc1. The van der Waals surface area contributed by atoms with Crippen molar-refractivity contribution >= 4 is 17.6 Å². The van der Waals surface area contributed by atoms with E-state index in [1.807, 2.05) is 24.3 Å². The van der Waals surface area contributed by atoms with Crippen LogP contribution in [0.4, 0.5) is 5.82 Å². The Labute approximate surface area is 139 Å². The van der Waals surface area contributed by atoms with Gasteiger partial charge in [0.05, 0.1) is 13.7 Å². The molecule has 1 fully saturated rings. The maximum atomic E-state index is 12.2. The number of nitrogens with zero attached hydrogens (tertiary/aromatic N) is 3. The van der Waals surface area contributed by atoms with Gasteiger partial charge in [0, 0.05) is 5.92 Å². The fourth-order valence-electron chi connectivity index (χ4n) is 2.51. The molecule has 2 aromatic rings. The molecule has 8 heteroatoms. The third-order valence-electron chi connectivity index (χ3n) is 4.18. The van der Waals surface area contributed by atoms with E-state index in [2.05, 4.69) is 15.6 Å². The minimum absolute atomic E-state index is 0.0185. The summed E-state index contributed by atoms with van der Waals surface area (Å²) in [7, 11) is 1.60. The second kappa shape index (κ2) is 6.69. The van der Waals surface area contributed by atoms with Crippen LogP contribution in [-0.2, 0) is 11.3 Å². The highest BCUT2D eigenvalue weighted by atomic mass is 16.5. The standard InChI is InChI=1S/C16H19N5O3/c1-24-12-7-5-10(6-8-12)9-21-15(13(14(17)22)19-20-21)18-16(23)11-3-2-4-11/h5-8,11H,2-4,9H2,1H3,(H2,17,22)(H,18,23). The number of hydrogen-bond donors (Lipinski definition) is 2. The molecule has 0 saturated heterocycles. The van der Waals surface area contributed by atoms with Gasteiger partial charge in [0.15, 0.2) is 11.5 Å². The fraction of sp³-hybridized carbons (Fsp3) is 0.375. The Morgan fingerprint density at radius 3 is 2.58 bits per heavy atom. The molecule has 1 aromatic heterocycles. The lowest BCUT2D eigenvalue weighted by molar-refractivity contribution is -0.122. The first kappa shape index (κ1) is 16.0. The van der Waals surface area contributed by atoms with Crippen LogP contribution in [0.25, 0.3) is 0 Å². The van der Waals surface area contributed by atoms with Crippen LogP contribution in [0.1, 0.15) is 35.3 Å². The van der Waals surface area contributed by atoms with E-state index in [4.69, 9.17) is 10.5 Å². The monoisotopic (exact) mass is 329 g/mol. The van der Waals surface area contributed by atoms with Crippen molar-refractivity contribution in [2.24, 2.45) is 11.7 Å². The van der Waals surface area contributed by atoms with E-state index in [0.29, 0.717) is 6.54 Å². The summed E-state index contributed by atoms with van der Waals surface area (Å²) in [5.74, 6) is 0.126. The van der Waals surface area contributed by atoms with Crippen molar-refractivity contribution in [3.63, 3.8) is 0 Å². The maximum Gasteiger partial charge on any atom is 0.273 e. The Bertz CT molecular complexity index is 750. The van der Waals surface area contributed by atoms with Crippen LogP contribution < -0.4 is 15.8 Å². The van der Waals surface area contributed by atoms with Crippen molar-refractivity contribution in [3.05, 3.63) is 35.5 Å². The van der Waals surface area contributed by atoms with Gasteiger partial charge >= 0.3 is 0 Å². The van der Waals surface area contributed by atoms with Crippen molar-refractivity contribution in [2.45, 2.75) is 25.8 Å². The number of nitrogens with one attached hydrogen (secondary N) is 1. The topological polar surface area (TPSA) is 112 Å². The summed E-state index contributed by atoms with van der Waals surface area (Å²) in [6, 6.07) is 7.41. The van der Waals surface area contributed by atoms with Crippen molar-refractivity contribution in [1.29, 1.82) is 0 Å². The Balaban J connectivity index is 1.83. The van der Waals surface area contributed by atoms with E-state index in [-0.39, 0.29) is 23.3 Å². The molecule has 1 saturated carbocycles. The number of ether oxygens (including phenoxy) is 1. The van der Waals surface area contributed by atoms with E-state index < -0.39 is 5.91 Å². The Morgan fingerprint density at radius 1 is 1.33 bits per heavy atom. The second-order valence-electron chi connectivity index (χ2n) is 5.77. The lowest BCUT2D eigenvalue weighted by atomic mass is 9.85. The van der Waals surface area contributed by atoms with E-state index in [1.165, 1.54) is 4.68 Å². The molecule has 0 unspecified atom stereocenters. The Kier molecular flexibility index (Phi) is 4.45. The van der Waals surface area contributed by atoms with E-state index in [9.17, 15) is 9.59 Å². The van der Waals surface area contributed by atoms with Gasteiger partial charge in [-0.1, -0.05) is 23.8 Å². The predicted molar refractivity (Wildman–Crippen MR) is 86.6 cm³/mol. The molecule has 2 amide bonds. The molecule has 24 heavy (non-hydrogen) atoms. The van der Waals surface area contributed by atoms with Gasteiger partial charge in [0.25, 0.3) is 5.91 Å². The van der Waals surface area contributed by atoms with Crippen LogP contribution in [0.3, 0.4) is 0 Å². The smallest absolute Gasteiger partial charge is 0.273 e. The zero-order valence-electron chi connectivity index (χ0n) is 13.4. The minimum Gasteiger partial charge on any atom is -0.497 e. The largest absolute Gasteiger partial charge is 0.497 e. The minimum atomic E-state index is -0.722. The molecule has 0 radical (unpaired) electrons. The van der Waals surface area contributed by atoms with Crippen LogP contribution in [0.15, 0.2) is 24.3 Å². The fourth-order valence-corrected chi connectivity index (χ4v) is 2.51. The van der Waals surface area contributed by atoms with Gasteiger partial charge in [-0.25, -0.2) is 4.68 Å². The molecule has 0 spiro atoms. The van der Waals surface area contributed by atoms with Gasteiger partial charge in [-0.05, 0) is 30.5 Å².